The Morgan fingerprint density at radius 3 is 2.65 bits per heavy atom. The lowest BCUT2D eigenvalue weighted by molar-refractivity contribution is -0.119. The lowest BCUT2D eigenvalue weighted by Crippen LogP contribution is -2.21. The van der Waals surface area contributed by atoms with Crippen molar-refractivity contribution in [2.75, 3.05) is 17.7 Å². The average Bonchev–Trinajstić information content (AvgIpc) is 3.09. The third-order valence-electron chi connectivity index (χ3n) is 3.26. The Morgan fingerprint density at radius 1 is 1.15 bits per heavy atom. The molecule has 26 heavy (non-hydrogen) atoms. The second kappa shape index (κ2) is 7.66. The second-order valence-corrected chi connectivity index (χ2v) is 5.57. The van der Waals surface area contributed by atoms with Gasteiger partial charge >= 0.3 is 12.0 Å². The van der Waals surface area contributed by atoms with Gasteiger partial charge in [-0.15, -0.1) is 5.10 Å². The molecule has 0 spiro atoms. The molecule has 0 unspecified atom stereocenters. The number of nitrogen functional groups attached to an aromatic ring is 1. The quantitative estimate of drug-likeness (QED) is 0.521. The largest absolute Gasteiger partial charge is 0.452 e. The van der Waals surface area contributed by atoms with Crippen LogP contribution in [0.4, 0.5) is 11.7 Å². The predicted octanol–water partition coefficient (Wildman–Crippen LogP) is 2.77. The van der Waals surface area contributed by atoms with Gasteiger partial charge in [-0.2, -0.15) is 0 Å². The zero-order valence-corrected chi connectivity index (χ0v) is 14.1. The Hall–Kier alpha value is -3.39. The van der Waals surface area contributed by atoms with Crippen LogP contribution in [0.15, 0.2) is 52.9 Å². The molecular formula is C17H13ClN4O4. The molecule has 0 atom stereocenters. The molecule has 3 N–H and O–H groups in total. The Morgan fingerprint density at radius 2 is 1.92 bits per heavy atom. The molecule has 1 amide bonds. The molecule has 0 fully saturated rings. The number of rotatable bonds is 5. The number of esters is 1. The minimum atomic E-state index is -0.746. The predicted molar refractivity (Wildman–Crippen MR) is 94.5 cm³/mol. The Labute approximate surface area is 152 Å². The van der Waals surface area contributed by atoms with E-state index in [2.05, 4.69) is 15.5 Å². The van der Waals surface area contributed by atoms with Gasteiger partial charge in [0.15, 0.2) is 6.61 Å². The molecule has 0 aliphatic carbocycles. The number of halogens is 1. The van der Waals surface area contributed by atoms with Crippen LogP contribution in [0.2, 0.25) is 5.02 Å². The van der Waals surface area contributed by atoms with Gasteiger partial charge in [0.1, 0.15) is 0 Å². The van der Waals surface area contributed by atoms with E-state index < -0.39 is 18.5 Å². The number of benzene rings is 2. The van der Waals surface area contributed by atoms with Crippen LogP contribution in [0.3, 0.4) is 0 Å². The number of ether oxygens (including phenoxy) is 1. The van der Waals surface area contributed by atoms with Crippen LogP contribution >= 0.6 is 11.6 Å². The molecule has 1 aromatic heterocycles. The van der Waals surface area contributed by atoms with Gasteiger partial charge in [0.2, 0.25) is 5.89 Å². The summed E-state index contributed by atoms with van der Waals surface area (Å²) in [6.45, 7) is -0.538. The molecule has 3 rings (SSSR count). The first-order valence-corrected chi connectivity index (χ1v) is 7.81. The molecule has 0 radical (unpaired) electrons. The third-order valence-corrected chi connectivity index (χ3v) is 3.50. The number of nitrogens with one attached hydrogen (secondary N) is 1. The highest BCUT2D eigenvalue weighted by Crippen LogP contribution is 2.20. The molecule has 0 saturated heterocycles. The number of carbonyl (C=O) groups excluding carboxylic acids is 2. The normalized spacial score (nSPS) is 10.3. The third kappa shape index (κ3) is 4.17. The zero-order chi connectivity index (χ0) is 18.5. The van der Waals surface area contributed by atoms with Gasteiger partial charge in [-0.3, -0.25) is 10.1 Å². The Bertz CT molecular complexity index is 943. The zero-order valence-electron chi connectivity index (χ0n) is 13.3. The highest BCUT2D eigenvalue weighted by molar-refractivity contribution is 6.31. The van der Waals surface area contributed by atoms with Crippen LogP contribution in [0.1, 0.15) is 10.4 Å². The van der Waals surface area contributed by atoms with E-state index in [1.165, 1.54) is 18.2 Å². The van der Waals surface area contributed by atoms with E-state index in [9.17, 15) is 9.59 Å². The van der Waals surface area contributed by atoms with Crippen molar-refractivity contribution in [1.29, 1.82) is 0 Å². The molecule has 8 nitrogen and oxygen atoms in total. The number of carbonyl (C=O) groups is 2. The number of anilines is 2. The number of aromatic nitrogens is 2. The summed E-state index contributed by atoms with van der Waals surface area (Å²) in [6.07, 6.45) is 0. The summed E-state index contributed by atoms with van der Waals surface area (Å²) in [5.74, 6) is -1.12. The first kappa shape index (κ1) is 17.4. The van der Waals surface area contributed by atoms with Crippen LogP contribution in [0.25, 0.3) is 11.5 Å². The summed E-state index contributed by atoms with van der Waals surface area (Å²) in [5.41, 5.74) is 6.68. The van der Waals surface area contributed by atoms with Crippen LogP contribution < -0.4 is 11.1 Å². The summed E-state index contributed by atoms with van der Waals surface area (Å²) < 4.78 is 10.2. The van der Waals surface area contributed by atoms with E-state index in [0.29, 0.717) is 10.6 Å². The number of hydrogen-bond donors (Lipinski definition) is 2. The van der Waals surface area contributed by atoms with Gasteiger partial charge in [0.25, 0.3) is 5.91 Å². The van der Waals surface area contributed by atoms with Crippen molar-refractivity contribution in [3.63, 3.8) is 0 Å². The number of hydrogen-bond acceptors (Lipinski definition) is 7. The number of nitrogens with two attached hydrogens (primary N) is 1. The SMILES string of the molecule is Nc1cc(Cl)ccc1C(=O)OCC(=O)Nc1nnc(-c2ccccc2)o1. The minimum absolute atomic E-state index is 0.101. The molecule has 2 aromatic carbocycles. The van der Waals surface area contributed by atoms with Crippen LogP contribution in [0.5, 0.6) is 0 Å². The summed E-state index contributed by atoms with van der Waals surface area (Å²) in [7, 11) is 0. The van der Waals surface area contributed by atoms with Crippen molar-refractivity contribution in [2.45, 2.75) is 0 Å². The van der Waals surface area contributed by atoms with Crippen LogP contribution in [-0.2, 0) is 9.53 Å². The van der Waals surface area contributed by atoms with E-state index in [4.69, 9.17) is 26.5 Å². The van der Waals surface area contributed by atoms with E-state index >= 15 is 0 Å². The first-order chi connectivity index (χ1) is 12.5. The standard InChI is InChI=1S/C17H13ClN4O4/c18-11-6-7-12(13(19)8-11)16(24)25-9-14(23)20-17-22-21-15(26-17)10-4-2-1-3-5-10/h1-8H,9,19H2,(H,20,22,23). The molecule has 0 saturated carbocycles. The van der Waals surface area contributed by atoms with Gasteiger partial charge in [-0.1, -0.05) is 34.9 Å². The van der Waals surface area contributed by atoms with Crippen LogP contribution in [0, 0.1) is 0 Å². The van der Waals surface area contributed by atoms with Crippen molar-refractivity contribution in [1.82, 2.24) is 10.2 Å². The fraction of sp³-hybridized carbons (Fsp3) is 0.0588. The molecule has 0 aliphatic heterocycles. The first-order valence-electron chi connectivity index (χ1n) is 7.44. The molecule has 132 valence electrons. The van der Waals surface area contributed by atoms with Crippen molar-refractivity contribution < 1.29 is 18.7 Å². The number of amides is 1. The fourth-order valence-corrected chi connectivity index (χ4v) is 2.24. The molecular weight excluding hydrogens is 360 g/mol. The molecule has 9 heteroatoms. The smallest absolute Gasteiger partial charge is 0.340 e. The van der Waals surface area contributed by atoms with Crippen molar-refractivity contribution in [3.8, 4) is 11.5 Å². The average molecular weight is 373 g/mol. The highest BCUT2D eigenvalue weighted by Gasteiger charge is 2.15. The lowest BCUT2D eigenvalue weighted by atomic mass is 10.2. The van der Waals surface area contributed by atoms with Gasteiger partial charge in [0.05, 0.1) is 5.56 Å². The lowest BCUT2D eigenvalue weighted by Gasteiger charge is -2.06. The van der Waals surface area contributed by atoms with Crippen molar-refractivity contribution >= 4 is 35.2 Å². The Balaban J connectivity index is 1.56. The van der Waals surface area contributed by atoms with E-state index in [-0.39, 0.29) is 23.2 Å². The summed E-state index contributed by atoms with van der Waals surface area (Å²) in [6, 6.07) is 13.3. The van der Waals surface area contributed by atoms with Gasteiger partial charge in [-0.25, -0.2) is 4.79 Å². The van der Waals surface area contributed by atoms with E-state index in [1.807, 2.05) is 18.2 Å². The van der Waals surface area contributed by atoms with Gasteiger partial charge in [0, 0.05) is 16.3 Å². The Kier molecular flexibility index (Phi) is 5.14. The maximum absolute atomic E-state index is 11.9. The van der Waals surface area contributed by atoms with E-state index in [0.717, 1.165) is 0 Å². The van der Waals surface area contributed by atoms with Crippen molar-refractivity contribution in [2.24, 2.45) is 0 Å². The molecule has 0 bridgehead atoms. The van der Waals surface area contributed by atoms with Gasteiger partial charge < -0.3 is 14.9 Å². The van der Waals surface area contributed by atoms with Gasteiger partial charge in [-0.05, 0) is 30.3 Å². The molecule has 1 heterocycles. The molecule has 3 aromatic rings. The van der Waals surface area contributed by atoms with E-state index in [1.54, 1.807) is 12.1 Å². The second-order valence-electron chi connectivity index (χ2n) is 5.13. The highest BCUT2D eigenvalue weighted by atomic mass is 35.5. The maximum Gasteiger partial charge on any atom is 0.340 e. The summed E-state index contributed by atoms with van der Waals surface area (Å²) in [5, 5.41) is 10.3. The van der Waals surface area contributed by atoms with Crippen molar-refractivity contribution in [3.05, 3.63) is 59.1 Å². The summed E-state index contributed by atoms with van der Waals surface area (Å²) >= 11 is 5.77. The minimum Gasteiger partial charge on any atom is -0.452 e. The van der Waals surface area contributed by atoms with Crippen LogP contribution in [-0.4, -0.2) is 28.7 Å². The number of nitrogens with zero attached hydrogens (tertiary/aromatic N) is 2. The topological polar surface area (TPSA) is 120 Å². The summed E-state index contributed by atoms with van der Waals surface area (Å²) in [4.78, 5) is 23.8. The fourth-order valence-electron chi connectivity index (χ4n) is 2.05. The maximum atomic E-state index is 11.9. The monoisotopic (exact) mass is 372 g/mol. The molecule has 0 aliphatic rings.